The van der Waals surface area contributed by atoms with Crippen molar-refractivity contribution in [3.63, 3.8) is 0 Å². The summed E-state index contributed by atoms with van der Waals surface area (Å²) in [4.78, 5) is 17.3. The van der Waals surface area contributed by atoms with Crippen LogP contribution in [0.3, 0.4) is 0 Å². The van der Waals surface area contributed by atoms with Crippen molar-refractivity contribution >= 4 is 34.7 Å². The zero-order valence-electron chi connectivity index (χ0n) is 16.8. The molecule has 156 valence electrons. The van der Waals surface area contributed by atoms with Crippen molar-refractivity contribution in [2.45, 2.75) is 38.2 Å². The maximum absolute atomic E-state index is 11.8. The number of hydrogen-bond acceptors (Lipinski definition) is 5. The maximum Gasteiger partial charge on any atom is 0.411 e. The lowest BCUT2D eigenvalue weighted by atomic mass is 9.88. The van der Waals surface area contributed by atoms with Gasteiger partial charge in [0, 0.05) is 33.4 Å². The second kappa shape index (κ2) is 8.38. The van der Waals surface area contributed by atoms with E-state index in [9.17, 15) is 9.90 Å². The molecule has 30 heavy (non-hydrogen) atoms. The maximum atomic E-state index is 11.8. The third-order valence-electron chi connectivity index (χ3n) is 5.06. The molecule has 7 heteroatoms. The van der Waals surface area contributed by atoms with Gasteiger partial charge in [0.1, 0.15) is 6.10 Å². The van der Waals surface area contributed by atoms with Gasteiger partial charge in [-0.15, -0.1) is 11.3 Å². The van der Waals surface area contributed by atoms with E-state index in [1.165, 1.54) is 0 Å². The molecule has 0 aliphatic heterocycles. The summed E-state index contributed by atoms with van der Waals surface area (Å²) in [5.74, 6) is 0. The van der Waals surface area contributed by atoms with Gasteiger partial charge in [0.15, 0.2) is 0 Å². The van der Waals surface area contributed by atoms with Crippen LogP contribution in [0.15, 0.2) is 48.0 Å². The molecule has 5 nitrogen and oxygen atoms in total. The number of thiophene rings is 1. The summed E-state index contributed by atoms with van der Waals surface area (Å²) < 4.78 is 5.20. The Kier molecular flexibility index (Phi) is 5.82. The first-order valence-electron chi connectivity index (χ1n) is 9.79. The molecule has 1 aliphatic carbocycles. The van der Waals surface area contributed by atoms with Gasteiger partial charge in [-0.05, 0) is 65.7 Å². The number of carbonyl (C=O) groups excluding carboxylic acids is 1. The number of nitrogens with zero attached hydrogens (tertiary/aromatic N) is 1. The number of hydrogen-bond donors (Lipinski definition) is 2. The zero-order valence-corrected chi connectivity index (χ0v) is 18.4. The second-order valence-electron chi connectivity index (χ2n) is 8.10. The van der Waals surface area contributed by atoms with Gasteiger partial charge in [0.25, 0.3) is 0 Å². The van der Waals surface area contributed by atoms with Crippen LogP contribution in [0.1, 0.15) is 32.4 Å². The van der Waals surface area contributed by atoms with E-state index in [1.54, 1.807) is 23.6 Å². The van der Waals surface area contributed by atoms with Crippen LogP contribution in [0.25, 0.3) is 21.6 Å². The van der Waals surface area contributed by atoms with Crippen molar-refractivity contribution < 1.29 is 14.6 Å². The first-order chi connectivity index (χ1) is 14.4. The van der Waals surface area contributed by atoms with Gasteiger partial charge in [-0.3, -0.25) is 10.3 Å². The monoisotopic (exact) mass is 442 g/mol. The number of rotatable bonds is 6. The molecule has 0 saturated heterocycles. The Bertz CT molecular complexity index is 1080. The van der Waals surface area contributed by atoms with Crippen molar-refractivity contribution in [1.29, 1.82) is 0 Å². The molecule has 0 radical (unpaired) electrons. The van der Waals surface area contributed by atoms with E-state index < -0.39 is 11.5 Å². The van der Waals surface area contributed by atoms with Crippen LogP contribution in [0.4, 0.5) is 10.5 Å². The highest BCUT2D eigenvalue weighted by atomic mass is 35.5. The quantitative estimate of drug-likeness (QED) is 0.483. The highest BCUT2D eigenvalue weighted by Crippen LogP contribution is 2.38. The van der Waals surface area contributed by atoms with Crippen LogP contribution in [-0.4, -0.2) is 28.9 Å². The van der Waals surface area contributed by atoms with E-state index in [0.717, 1.165) is 40.1 Å². The molecule has 2 N–H and O–H groups in total. The molecule has 1 aromatic carbocycles. The molecule has 0 spiro atoms. The molecule has 3 aromatic rings. The lowest BCUT2D eigenvalue weighted by molar-refractivity contribution is 0.154. The van der Waals surface area contributed by atoms with Gasteiger partial charge >= 0.3 is 6.09 Å². The van der Waals surface area contributed by atoms with Crippen LogP contribution in [0.5, 0.6) is 0 Å². The van der Waals surface area contributed by atoms with Gasteiger partial charge in [-0.25, -0.2) is 4.79 Å². The summed E-state index contributed by atoms with van der Waals surface area (Å²) in [5.41, 5.74) is 4.07. The third-order valence-corrected chi connectivity index (χ3v) is 6.34. The molecule has 1 fully saturated rings. The van der Waals surface area contributed by atoms with Crippen molar-refractivity contribution in [3.8, 4) is 21.6 Å². The number of amides is 1. The summed E-state index contributed by atoms with van der Waals surface area (Å²) in [6.07, 6.45) is 3.25. The standard InChI is InChI=1S/C23H23ClN2O3S/c1-23(2,13-27)21-10-14(7-8-25-21)15-9-20(30-12-15)18-6-3-16(11-19(18)24)26-22(28)29-17-4-5-17/h3,6-12,17,27H,4-5,13H2,1-2H3,(H,26,28). The van der Waals surface area contributed by atoms with E-state index in [1.807, 2.05) is 38.1 Å². The average molecular weight is 443 g/mol. The Morgan fingerprint density at radius 3 is 2.77 bits per heavy atom. The predicted octanol–water partition coefficient (Wildman–Crippen LogP) is 6.11. The molecule has 2 aromatic heterocycles. The molecule has 1 amide bonds. The van der Waals surface area contributed by atoms with E-state index in [2.05, 4.69) is 21.7 Å². The fourth-order valence-corrected chi connectivity index (χ4v) is 4.26. The van der Waals surface area contributed by atoms with E-state index in [4.69, 9.17) is 16.3 Å². The van der Waals surface area contributed by atoms with Crippen molar-refractivity contribution in [3.05, 3.63) is 58.7 Å². The Morgan fingerprint density at radius 1 is 1.27 bits per heavy atom. The van der Waals surface area contributed by atoms with E-state index in [-0.39, 0.29) is 12.7 Å². The van der Waals surface area contributed by atoms with Gasteiger partial charge in [0.2, 0.25) is 0 Å². The molecule has 0 atom stereocenters. The molecule has 0 unspecified atom stereocenters. The summed E-state index contributed by atoms with van der Waals surface area (Å²) in [6.45, 7) is 3.96. The van der Waals surface area contributed by atoms with Crippen LogP contribution in [0, 0.1) is 0 Å². The minimum absolute atomic E-state index is 0.0303. The van der Waals surface area contributed by atoms with Crippen molar-refractivity contribution in [2.24, 2.45) is 0 Å². The summed E-state index contributed by atoms with van der Waals surface area (Å²) in [6, 6.07) is 11.5. The topological polar surface area (TPSA) is 71.5 Å². The lowest BCUT2D eigenvalue weighted by Crippen LogP contribution is -2.23. The van der Waals surface area contributed by atoms with Crippen LogP contribution in [-0.2, 0) is 10.2 Å². The lowest BCUT2D eigenvalue weighted by Gasteiger charge is -2.21. The third kappa shape index (κ3) is 4.67. The van der Waals surface area contributed by atoms with Crippen molar-refractivity contribution in [2.75, 3.05) is 11.9 Å². The number of aliphatic hydroxyl groups is 1. The molecule has 0 bridgehead atoms. The smallest absolute Gasteiger partial charge is 0.411 e. The van der Waals surface area contributed by atoms with Crippen LogP contribution < -0.4 is 5.32 Å². The first kappa shape index (κ1) is 20.8. The number of ether oxygens (including phenoxy) is 1. The summed E-state index contributed by atoms with van der Waals surface area (Å²) in [7, 11) is 0. The fraction of sp³-hybridized carbons (Fsp3) is 0.304. The summed E-state index contributed by atoms with van der Waals surface area (Å²) in [5, 5.41) is 15.0. The van der Waals surface area contributed by atoms with E-state index in [0.29, 0.717) is 10.7 Å². The Morgan fingerprint density at radius 2 is 2.07 bits per heavy atom. The minimum atomic E-state index is -0.445. The molecule has 1 aliphatic rings. The molecular weight excluding hydrogens is 420 g/mol. The van der Waals surface area contributed by atoms with Gasteiger partial charge in [0.05, 0.1) is 11.6 Å². The van der Waals surface area contributed by atoms with Gasteiger partial charge in [-0.2, -0.15) is 0 Å². The highest BCUT2D eigenvalue weighted by molar-refractivity contribution is 7.14. The van der Waals surface area contributed by atoms with Crippen LogP contribution in [0.2, 0.25) is 5.02 Å². The number of aromatic nitrogens is 1. The number of nitrogens with one attached hydrogen (secondary N) is 1. The molecule has 2 heterocycles. The van der Waals surface area contributed by atoms with Crippen LogP contribution >= 0.6 is 22.9 Å². The number of aliphatic hydroxyl groups excluding tert-OH is 1. The number of pyridine rings is 1. The first-order valence-corrected chi connectivity index (χ1v) is 11.1. The van der Waals surface area contributed by atoms with Gasteiger partial charge in [-0.1, -0.05) is 25.4 Å². The Balaban J connectivity index is 1.54. The fourth-order valence-electron chi connectivity index (χ4n) is 2.97. The number of carbonyl (C=O) groups is 1. The molecule has 4 rings (SSSR count). The highest BCUT2D eigenvalue weighted by Gasteiger charge is 2.26. The summed E-state index contributed by atoms with van der Waals surface area (Å²) >= 11 is 8.10. The zero-order chi connectivity index (χ0) is 21.3. The number of anilines is 1. The van der Waals surface area contributed by atoms with E-state index >= 15 is 0 Å². The largest absolute Gasteiger partial charge is 0.446 e. The average Bonchev–Trinajstić information content (AvgIpc) is 3.40. The SMILES string of the molecule is CC(C)(CO)c1cc(-c2csc(-c3ccc(NC(=O)OC4CC4)cc3Cl)c2)ccn1. The Hall–Kier alpha value is -2.41. The molecule has 1 saturated carbocycles. The second-order valence-corrected chi connectivity index (χ2v) is 9.41. The van der Waals surface area contributed by atoms with Crippen molar-refractivity contribution in [1.82, 2.24) is 4.98 Å². The normalized spacial score (nSPS) is 13.9. The minimum Gasteiger partial charge on any atom is -0.446 e. The van der Waals surface area contributed by atoms with Gasteiger partial charge < -0.3 is 9.84 Å². The number of halogens is 1. The molecular formula is C23H23ClN2O3S. The Labute approximate surface area is 184 Å². The number of benzene rings is 1. The predicted molar refractivity (Wildman–Crippen MR) is 121 cm³/mol.